The fourth-order valence-corrected chi connectivity index (χ4v) is 2.56. The molecule has 0 saturated carbocycles. The number of aryl methyl sites for hydroxylation is 1. The molecule has 5 nitrogen and oxygen atoms in total. The number of allylic oxidation sites excluding steroid dienone is 1. The summed E-state index contributed by atoms with van der Waals surface area (Å²) < 4.78 is 5.52. The third kappa shape index (κ3) is 4.68. The van der Waals surface area contributed by atoms with E-state index >= 15 is 0 Å². The molecule has 5 heteroatoms. The average molecular weight is 342 g/mol. The van der Waals surface area contributed by atoms with E-state index in [2.05, 4.69) is 6.58 Å². The van der Waals surface area contributed by atoms with E-state index in [1.165, 1.54) is 12.1 Å². The van der Waals surface area contributed by atoms with Crippen molar-refractivity contribution >= 4 is 5.57 Å². The number of hydrogen-bond donors (Lipinski definition) is 3. The minimum Gasteiger partial charge on any atom is -0.508 e. The summed E-state index contributed by atoms with van der Waals surface area (Å²) in [6.07, 6.45) is 2.45. The van der Waals surface area contributed by atoms with Crippen LogP contribution in [0.5, 0.6) is 5.75 Å². The molecule has 0 unspecified atom stereocenters. The number of hydrogen-bond acceptors (Lipinski definition) is 5. The van der Waals surface area contributed by atoms with Crippen molar-refractivity contribution in [2.45, 2.75) is 19.8 Å². The van der Waals surface area contributed by atoms with Gasteiger partial charge in [0.2, 0.25) is 0 Å². The van der Waals surface area contributed by atoms with Crippen LogP contribution in [0.3, 0.4) is 0 Å². The maximum atomic E-state index is 12.4. The van der Waals surface area contributed by atoms with E-state index in [4.69, 9.17) is 9.52 Å². The second kappa shape index (κ2) is 8.46. The normalized spacial score (nSPS) is 11.6. The highest BCUT2D eigenvalue weighted by Crippen LogP contribution is 2.26. The van der Waals surface area contributed by atoms with Crippen LogP contribution in [0, 0.1) is 6.92 Å². The Bertz CT molecular complexity index is 828. The van der Waals surface area contributed by atoms with E-state index in [1.807, 2.05) is 6.92 Å². The van der Waals surface area contributed by atoms with Crippen LogP contribution in [0.4, 0.5) is 0 Å². The molecule has 0 aliphatic heterocycles. The summed E-state index contributed by atoms with van der Waals surface area (Å²) >= 11 is 0. The first-order valence-electron chi connectivity index (χ1n) is 8.01. The molecule has 0 amide bonds. The zero-order valence-corrected chi connectivity index (χ0v) is 14.2. The molecule has 0 saturated heterocycles. The predicted octanol–water partition coefficient (Wildman–Crippen LogP) is 3.03. The van der Waals surface area contributed by atoms with Crippen LogP contribution < -0.4 is 5.63 Å². The lowest BCUT2D eigenvalue weighted by atomic mass is 9.99. The molecule has 0 fully saturated rings. The first-order valence-corrected chi connectivity index (χ1v) is 8.01. The summed E-state index contributed by atoms with van der Waals surface area (Å²) in [7, 11) is 0. The van der Waals surface area contributed by atoms with Crippen LogP contribution in [-0.4, -0.2) is 28.5 Å². The summed E-state index contributed by atoms with van der Waals surface area (Å²) in [4.78, 5) is 12.4. The molecule has 0 radical (unpaired) electrons. The highest BCUT2D eigenvalue weighted by molar-refractivity contribution is 5.70. The van der Waals surface area contributed by atoms with Gasteiger partial charge in [0.15, 0.2) is 0 Å². The third-order valence-corrected chi connectivity index (χ3v) is 3.80. The maximum absolute atomic E-state index is 12.4. The quantitative estimate of drug-likeness (QED) is 0.673. The second-order valence-corrected chi connectivity index (χ2v) is 5.78. The summed E-state index contributed by atoms with van der Waals surface area (Å²) in [5, 5.41) is 27.7. The summed E-state index contributed by atoms with van der Waals surface area (Å²) in [6, 6.07) is 8.04. The van der Waals surface area contributed by atoms with E-state index in [-0.39, 0.29) is 19.0 Å². The second-order valence-electron chi connectivity index (χ2n) is 5.78. The fraction of sp³-hybridized carbons (Fsp3) is 0.250. The molecular formula is C20H22O5. The largest absolute Gasteiger partial charge is 0.508 e. The van der Waals surface area contributed by atoms with Crippen molar-refractivity contribution in [1.29, 1.82) is 0 Å². The van der Waals surface area contributed by atoms with Gasteiger partial charge in [0, 0.05) is 13.2 Å². The standard InChI is InChI=1S/C20H22O5/c1-13(7-9-21)11-16(8-10-22)19-14(2)12-18(20(24)25-19)15-3-5-17(23)6-4-15/h3-6,11-12,21-23H,1,7-10H2,2H3. The number of phenolic OH excluding ortho intramolecular Hbond substituents is 1. The SMILES string of the molecule is C=C(C=C(CCO)c1oc(=O)c(-c2ccc(O)cc2)cc1C)CCO. The number of rotatable bonds is 7. The van der Waals surface area contributed by atoms with Gasteiger partial charge in [0.05, 0.1) is 5.56 Å². The van der Waals surface area contributed by atoms with Gasteiger partial charge >= 0.3 is 5.63 Å². The molecule has 1 aromatic heterocycles. The van der Waals surface area contributed by atoms with Gasteiger partial charge in [0.1, 0.15) is 11.5 Å². The molecule has 25 heavy (non-hydrogen) atoms. The zero-order valence-electron chi connectivity index (χ0n) is 14.2. The number of phenols is 1. The van der Waals surface area contributed by atoms with Crippen molar-refractivity contribution in [2.75, 3.05) is 13.2 Å². The van der Waals surface area contributed by atoms with Gasteiger partial charge in [-0.05, 0) is 54.7 Å². The Morgan fingerprint density at radius 2 is 1.80 bits per heavy atom. The van der Waals surface area contributed by atoms with Crippen LogP contribution in [0.15, 0.2) is 57.8 Å². The Hall–Kier alpha value is -2.63. The Morgan fingerprint density at radius 1 is 1.16 bits per heavy atom. The van der Waals surface area contributed by atoms with Gasteiger partial charge in [-0.25, -0.2) is 4.79 Å². The summed E-state index contributed by atoms with van der Waals surface area (Å²) in [5.74, 6) is 0.526. The Balaban J connectivity index is 2.48. The summed E-state index contributed by atoms with van der Waals surface area (Å²) in [5.41, 5.74) is 2.66. The van der Waals surface area contributed by atoms with Gasteiger partial charge in [-0.15, -0.1) is 0 Å². The Labute approximate surface area is 146 Å². The van der Waals surface area contributed by atoms with Crippen molar-refractivity contribution in [3.05, 3.63) is 70.3 Å². The molecule has 0 spiro atoms. The molecule has 1 heterocycles. The lowest BCUT2D eigenvalue weighted by Gasteiger charge is -2.11. The van der Waals surface area contributed by atoms with E-state index < -0.39 is 5.63 Å². The smallest absolute Gasteiger partial charge is 0.344 e. The molecule has 0 aliphatic carbocycles. The van der Waals surface area contributed by atoms with Gasteiger partial charge in [0.25, 0.3) is 0 Å². The first-order chi connectivity index (χ1) is 12.0. The third-order valence-electron chi connectivity index (χ3n) is 3.80. The van der Waals surface area contributed by atoms with E-state index in [0.717, 1.165) is 5.56 Å². The van der Waals surface area contributed by atoms with E-state index in [1.54, 1.807) is 24.3 Å². The van der Waals surface area contributed by atoms with Crippen LogP contribution in [-0.2, 0) is 0 Å². The van der Waals surface area contributed by atoms with Crippen LogP contribution in [0.2, 0.25) is 0 Å². The van der Waals surface area contributed by atoms with Gasteiger partial charge in [-0.1, -0.05) is 30.4 Å². The van der Waals surface area contributed by atoms with Crippen molar-refractivity contribution < 1.29 is 19.7 Å². The van der Waals surface area contributed by atoms with E-state index in [9.17, 15) is 15.0 Å². The lowest BCUT2D eigenvalue weighted by Crippen LogP contribution is -2.07. The van der Waals surface area contributed by atoms with Crippen LogP contribution in [0.1, 0.15) is 24.2 Å². The fourth-order valence-electron chi connectivity index (χ4n) is 2.56. The first kappa shape index (κ1) is 18.7. The van der Waals surface area contributed by atoms with Gasteiger partial charge < -0.3 is 19.7 Å². The van der Waals surface area contributed by atoms with E-state index in [0.29, 0.717) is 40.9 Å². The minimum atomic E-state index is -0.497. The van der Waals surface area contributed by atoms with Crippen molar-refractivity contribution in [2.24, 2.45) is 0 Å². The number of aliphatic hydroxyl groups excluding tert-OH is 2. The number of benzene rings is 1. The Kier molecular flexibility index (Phi) is 6.33. The lowest BCUT2D eigenvalue weighted by molar-refractivity contribution is 0.300. The molecule has 0 aliphatic rings. The average Bonchev–Trinajstić information content (AvgIpc) is 2.57. The van der Waals surface area contributed by atoms with Crippen LogP contribution in [0.25, 0.3) is 16.7 Å². The predicted molar refractivity (Wildman–Crippen MR) is 97.3 cm³/mol. The number of aromatic hydroxyl groups is 1. The topological polar surface area (TPSA) is 90.9 Å². The molecule has 2 aromatic rings. The molecule has 132 valence electrons. The summed E-state index contributed by atoms with van der Waals surface area (Å²) in [6.45, 7) is 5.56. The van der Waals surface area contributed by atoms with Gasteiger partial charge in [-0.3, -0.25) is 0 Å². The highest BCUT2D eigenvalue weighted by Gasteiger charge is 2.14. The Morgan fingerprint density at radius 3 is 2.40 bits per heavy atom. The molecule has 0 atom stereocenters. The molecule has 2 rings (SSSR count). The molecular weight excluding hydrogens is 320 g/mol. The van der Waals surface area contributed by atoms with Gasteiger partial charge in [-0.2, -0.15) is 0 Å². The number of aliphatic hydroxyl groups is 2. The van der Waals surface area contributed by atoms with Crippen LogP contribution >= 0.6 is 0 Å². The minimum absolute atomic E-state index is 0.0234. The van der Waals surface area contributed by atoms with Crippen molar-refractivity contribution in [1.82, 2.24) is 0 Å². The zero-order chi connectivity index (χ0) is 18.4. The van der Waals surface area contributed by atoms with Crippen molar-refractivity contribution in [3.8, 4) is 16.9 Å². The monoisotopic (exact) mass is 342 g/mol. The van der Waals surface area contributed by atoms with Crippen molar-refractivity contribution in [3.63, 3.8) is 0 Å². The molecule has 0 bridgehead atoms. The highest BCUT2D eigenvalue weighted by atomic mass is 16.4. The molecule has 3 N–H and O–H groups in total. The maximum Gasteiger partial charge on any atom is 0.344 e. The molecule has 1 aromatic carbocycles.